The van der Waals surface area contributed by atoms with Gasteiger partial charge in [-0.25, -0.2) is 64.1 Å². The van der Waals surface area contributed by atoms with Crippen LogP contribution in [0.5, 0.6) is 0 Å². The molecule has 0 atom stereocenters. The van der Waals surface area contributed by atoms with Gasteiger partial charge < -0.3 is 0 Å². The van der Waals surface area contributed by atoms with Crippen molar-refractivity contribution in [1.82, 2.24) is 0 Å². The van der Waals surface area contributed by atoms with E-state index in [4.69, 9.17) is 13.1 Å². The van der Waals surface area contributed by atoms with Crippen LogP contribution in [0.25, 0.3) is 54.2 Å². The van der Waals surface area contributed by atoms with Crippen molar-refractivity contribution in [3.63, 3.8) is 0 Å². The molecule has 0 fully saturated rings. The Kier molecular flexibility index (Phi) is 7.19. The molecule has 0 N–H and O–H groups in total. The normalized spacial score (nSPS) is 14.8. The van der Waals surface area contributed by atoms with Crippen molar-refractivity contribution in [2.24, 2.45) is 0 Å². The van der Waals surface area contributed by atoms with Crippen LogP contribution in [0.4, 0.5) is 43.9 Å². The number of allylic oxidation sites excluding steroid dienone is 6. The molecule has 0 amide bonds. The number of benzene rings is 4. The van der Waals surface area contributed by atoms with Crippen molar-refractivity contribution in [1.29, 1.82) is 10.5 Å². The standard InChI is InChI=1S/C34H6F10N4/c1-47-15(9-45)23-17-11(5-3-7-13(17)21-25(35)29(39)33(43)30(40)26(21)36)20-19(23)12-6-4-8-14(18(12)24(20)16(10-46)48-2)22-27(37)31(41)34(44)32(42)28(22)38/h3-8H/b23-15-,24-16+. The lowest BCUT2D eigenvalue weighted by atomic mass is 9.84. The number of nitriles is 2. The predicted octanol–water partition coefficient (Wildman–Crippen LogP) is 9.66. The first kappa shape index (κ1) is 31.3. The quantitative estimate of drug-likeness (QED) is 0.0707. The molecule has 14 heteroatoms. The van der Waals surface area contributed by atoms with Gasteiger partial charge in [0.15, 0.2) is 46.5 Å². The second kappa shape index (κ2) is 11.0. The van der Waals surface area contributed by atoms with Crippen molar-refractivity contribution in [3.8, 4) is 34.4 Å². The highest BCUT2D eigenvalue weighted by Crippen LogP contribution is 2.62. The maximum atomic E-state index is 15.2. The molecule has 0 aromatic heterocycles. The van der Waals surface area contributed by atoms with E-state index >= 15 is 17.6 Å². The molecular weight excluding hydrogens is 654 g/mol. The van der Waals surface area contributed by atoms with Gasteiger partial charge in [0.1, 0.15) is 0 Å². The lowest BCUT2D eigenvalue weighted by molar-refractivity contribution is 0.381. The Labute approximate surface area is 262 Å². The fourth-order valence-electron chi connectivity index (χ4n) is 5.95. The molecular formula is C34H6F10N4. The largest absolute Gasteiger partial charge is 0.270 e. The highest BCUT2D eigenvalue weighted by atomic mass is 19.2. The Morgan fingerprint density at radius 1 is 0.438 bits per heavy atom. The Bertz CT molecular complexity index is 2240. The summed E-state index contributed by atoms with van der Waals surface area (Å²) in [6, 6.07) is 9.53. The minimum absolute atomic E-state index is 0.233. The first-order valence-corrected chi connectivity index (χ1v) is 13.0. The van der Waals surface area contributed by atoms with Crippen LogP contribution in [-0.4, -0.2) is 0 Å². The molecule has 0 bridgehead atoms. The summed E-state index contributed by atoms with van der Waals surface area (Å²) in [7, 11) is 0. The summed E-state index contributed by atoms with van der Waals surface area (Å²) in [5, 5.41) is 19.9. The molecule has 0 saturated carbocycles. The van der Waals surface area contributed by atoms with Gasteiger partial charge in [-0.3, -0.25) is 0 Å². The van der Waals surface area contributed by atoms with Crippen molar-refractivity contribution < 1.29 is 43.9 Å². The molecule has 2 aliphatic carbocycles. The monoisotopic (exact) mass is 660 g/mol. The fraction of sp³-hybridized carbons (Fsp3) is 0. The smallest absolute Gasteiger partial charge is 0.226 e. The summed E-state index contributed by atoms with van der Waals surface area (Å²) in [5.74, 6) is -23.2. The lowest BCUT2D eigenvalue weighted by Crippen LogP contribution is -2.07. The predicted molar refractivity (Wildman–Crippen MR) is 148 cm³/mol. The molecule has 48 heavy (non-hydrogen) atoms. The minimum atomic E-state index is -2.47. The number of halogens is 10. The Morgan fingerprint density at radius 2 is 0.708 bits per heavy atom. The molecule has 4 nitrogen and oxygen atoms in total. The van der Waals surface area contributed by atoms with Gasteiger partial charge in [-0.05, 0) is 44.5 Å². The van der Waals surface area contributed by atoms with Crippen LogP contribution in [0.15, 0.2) is 47.8 Å². The van der Waals surface area contributed by atoms with E-state index < -0.39 is 114 Å². The van der Waals surface area contributed by atoms with Gasteiger partial charge in [-0.1, -0.05) is 36.4 Å². The number of nitrogens with zero attached hydrogens (tertiary/aromatic N) is 4. The lowest BCUT2D eigenvalue weighted by Gasteiger charge is -2.20. The van der Waals surface area contributed by atoms with Crippen molar-refractivity contribution in [3.05, 3.63) is 151 Å². The van der Waals surface area contributed by atoms with E-state index in [9.17, 15) is 36.9 Å². The molecule has 2 aliphatic rings. The molecule has 0 spiro atoms. The van der Waals surface area contributed by atoms with Crippen molar-refractivity contribution in [2.75, 3.05) is 0 Å². The average molecular weight is 660 g/mol. The van der Waals surface area contributed by atoms with E-state index in [2.05, 4.69) is 9.69 Å². The van der Waals surface area contributed by atoms with Gasteiger partial charge in [-0.15, -0.1) is 0 Å². The van der Waals surface area contributed by atoms with Crippen LogP contribution in [0.2, 0.25) is 0 Å². The second-order valence-corrected chi connectivity index (χ2v) is 9.99. The van der Waals surface area contributed by atoms with Crippen LogP contribution in [0, 0.1) is 94.0 Å². The zero-order chi connectivity index (χ0) is 34.9. The SMILES string of the molecule is [C-]#[N+]/C(C#N)=C1C2=C(/C(=C(\C#N)[N+]#[C-])c3c2cccc3-c2c(F)c(F)c(F)c(F)c2F)c2cccc(-c3c(F)c(F)c(F)c(F)c3F)c2\1. The van der Waals surface area contributed by atoms with E-state index in [0.717, 1.165) is 24.3 Å². The summed E-state index contributed by atoms with van der Waals surface area (Å²) in [5.41, 5.74) is -8.83. The highest BCUT2D eigenvalue weighted by Gasteiger charge is 2.43. The number of rotatable bonds is 2. The Morgan fingerprint density at radius 3 is 0.979 bits per heavy atom. The van der Waals surface area contributed by atoms with Gasteiger partial charge in [0.2, 0.25) is 11.6 Å². The zero-order valence-corrected chi connectivity index (χ0v) is 23.0. The average Bonchev–Trinajstić information content (AvgIpc) is 3.60. The van der Waals surface area contributed by atoms with Crippen LogP contribution in [-0.2, 0) is 0 Å². The van der Waals surface area contributed by atoms with Gasteiger partial charge in [0.25, 0.3) is 11.4 Å². The molecule has 0 saturated heterocycles. The minimum Gasteiger partial charge on any atom is -0.226 e. The molecule has 0 heterocycles. The zero-order valence-electron chi connectivity index (χ0n) is 23.0. The number of hydrogen-bond acceptors (Lipinski definition) is 2. The second-order valence-electron chi connectivity index (χ2n) is 9.99. The van der Waals surface area contributed by atoms with Crippen molar-refractivity contribution in [2.45, 2.75) is 0 Å². The Balaban J connectivity index is 1.81. The van der Waals surface area contributed by atoms with E-state index in [1.165, 1.54) is 12.1 Å². The third-order valence-corrected chi connectivity index (χ3v) is 7.78. The highest BCUT2D eigenvalue weighted by molar-refractivity contribution is 6.39. The summed E-state index contributed by atoms with van der Waals surface area (Å²) in [6.45, 7) is 15.3. The summed E-state index contributed by atoms with van der Waals surface area (Å²) < 4.78 is 146. The molecule has 0 unspecified atom stereocenters. The molecule has 4 aromatic rings. The maximum absolute atomic E-state index is 15.2. The third kappa shape index (κ3) is 3.93. The van der Waals surface area contributed by atoms with Crippen LogP contribution in [0.3, 0.4) is 0 Å². The van der Waals surface area contributed by atoms with Crippen LogP contribution >= 0.6 is 0 Å². The first-order valence-electron chi connectivity index (χ1n) is 13.0. The summed E-state index contributed by atoms with van der Waals surface area (Å²) >= 11 is 0. The van der Waals surface area contributed by atoms with Gasteiger partial charge in [0.05, 0.1) is 36.4 Å². The molecule has 232 valence electrons. The Hall–Kier alpha value is -6.64. The third-order valence-electron chi connectivity index (χ3n) is 7.78. The topological polar surface area (TPSA) is 56.3 Å². The van der Waals surface area contributed by atoms with Crippen LogP contribution < -0.4 is 0 Å². The van der Waals surface area contributed by atoms with E-state index in [-0.39, 0.29) is 22.3 Å². The first-order chi connectivity index (χ1) is 22.9. The fourth-order valence-corrected chi connectivity index (χ4v) is 5.95. The van der Waals surface area contributed by atoms with E-state index in [1.54, 1.807) is 12.1 Å². The van der Waals surface area contributed by atoms with E-state index in [1.807, 2.05) is 0 Å². The summed E-state index contributed by atoms with van der Waals surface area (Å²) in [6.07, 6.45) is 0. The molecule has 6 rings (SSSR count). The summed E-state index contributed by atoms with van der Waals surface area (Å²) in [4.78, 5) is 6.28. The maximum Gasteiger partial charge on any atom is 0.270 e. The molecule has 4 aromatic carbocycles. The van der Waals surface area contributed by atoms with Crippen molar-refractivity contribution >= 4 is 22.3 Å². The van der Waals surface area contributed by atoms with Gasteiger partial charge >= 0.3 is 0 Å². The molecule has 0 aliphatic heterocycles. The van der Waals surface area contributed by atoms with Crippen LogP contribution in [0.1, 0.15) is 22.3 Å². The number of fused-ring (bicyclic) bond motifs is 4. The van der Waals surface area contributed by atoms with Gasteiger partial charge in [0, 0.05) is 11.1 Å². The van der Waals surface area contributed by atoms with E-state index in [0.29, 0.717) is 0 Å². The van der Waals surface area contributed by atoms with Gasteiger partial charge in [-0.2, -0.15) is 0 Å². The number of hydrogen-bond donors (Lipinski definition) is 0. The molecule has 0 radical (unpaired) electrons.